The number of nitrogens with one attached hydrogen (secondary N) is 1. The van der Waals surface area contributed by atoms with Crippen LogP contribution in [0, 0.1) is 11.8 Å². The highest BCUT2D eigenvalue weighted by Gasteiger charge is 2.07. The topological polar surface area (TPSA) is 98.0 Å². The molecule has 0 saturated heterocycles. The number of hydrogen-bond acceptors (Lipinski definition) is 4. The number of fused-ring (bicyclic) bond motifs is 1. The van der Waals surface area contributed by atoms with Crippen LogP contribution in [0.5, 0.6) is 0 Å². The third-order valence-corrected chi connectivity index (χ3v) is 3.42. The number of para-hydroxylation sites is 2. The van der Waals surface area contributed by atoms with E-state index in [1.807, 2.05) is 18.2 Å². The Morgan fingerprint density at radius 1 is 1.04 bits per heavy atom. The van der Waals surface area contributed by atoms with E-state index in [0.29, 0.717) is 11.1 Å². The highest BCUT2D eigenvalue weighted by molar-refractivity contribution is 5.94. The lowest BCUT2D eigenvalue weighted by atomic mass is 10.1. The van der Waals surface area contributed by atoms with Gasteiger partial charge in [-0.15, -0.1) is 0 Å². The van der Waals surface area contributed by atoms with E-state index >= 15 is 0 Å². The molecule has 0 bridgehead atoms. The molecule has 6 nitrogen and oxygen atoms in total. The lowest BCUT2D eigenvalue weighted by Crippen LogP contribution is -2.24. The molecular weight excluding hydrogens is 316 g/mol. The molecule has 0 fully saturated rings. The molecule has 0 radical (unpaired) electrons. The summed E-state index contributed by atoms with van der Waals surface area (Å²) in [5, 5.41) is 2.67. The van der Waals surface area contributed by atoms with Gasteiger partial charge < -0.3 is 11.1 Å². The summed E-state index contributed by atoms with van der Waals surface area (Å²) >= 11 is 0. The van der Waals surface area contributed by atoms with Crippen LogP contribution < -0.4 is 11.1 Å². The van der Waals surface area contributed by atoms with Gasteiger partial charge in [-0.25, -0.2) is 4.98 Å². The Morgan fingerprint density at radius 3 is 2.48 bits per heavy atom. The quantitative estimate of drug-likeness (QED) is 0.711. The summed E-state index contributed by atoms with van der Waals surface area (Å²) in [5.41, 5.74) is 7.97. The maximum Gasteiger partial charge on any atom is 0.272 e. The third kappa shape index (κ3) is 3.98. The van der Waals surface area contributed by atoms with E-state index in [1.54, 1.807) is 30.3 Å². The van der Waals surface area contributed by atoms with Gasteiger partial charge in [-0.2, -0.15) is 0 Å². The average molecular weight is 330 g/mol. The number of carbonyl (C=O) groups is 2. The minimum absolute atomic E-state index is 0.172. The highest BCUT2D eigenvalue weighted by atomic mass is 16.2. The van der Waals surface area contributed by atoms with Crippen LogP contribution in [0.15, 0.2) is 54.7 Å². The van der Waals surface area contributed by atoms with Crippen molar-refractivity contribution in [3.63, 3.8) is 0 Å². The maximum absolute atomic E-state index is 12.1. The van der Waals surface area contributed by atoms with Crippen molar-refractivity contribution in [2.24, 2.45) is 5.73 Å². The summed E-state index contributed by atoms with van der Waals surface area (Å²) in [7, 11) is 0. The standard InChI is InChI=1S/C19H14N4O2/c20-18(24)14-9-7-13(8-10-14)4-3-11-21-19(25)17-12-22-15-5-1-2-6-16(15)23-17/h1-2,5-10,12H,11H2,(H2,20,24)(H,21,25). The highest BCUT2D eigenvalue weighted by Crippen LogP contribution is 2.08. The van der Waals surface area contributed by atoms with Crippen LogP contribution in [0.1, 0.15) is 26.4 Å². The Morgan fingerprint density at radius 2 is 1.76 bits per heavy atom. The molecule has 3 aromatic rings. The van der Waals surface area contributed by atoms with Gasteiger partial charge in [-0.3, -0.25) is 14.6 Å². The Labute approximate surface area is 144 Å². The van der Waals surface area contributed by atoms with Crippen LogP contribution >= 0.6 is 0 Å². The summed E-state index contributed by atoms with van der Waals surface area (Å²) in [4.78, 5) is 31.6. The first kappa shape index (κ1) is 16.1. The zero-order valence-electron chi connectivity index (χ0n) is 13.2. The molecule has 0 aliphatic carbocycles. The zero-order chi connectivity index (χ0) is 17.6. The van der Waals surface area contributed by atoms with E-state index in [-0.39, 0.29) is 18.1 Å². The van der Waals surface area contributed by atoms with Gasteiger partial charge in [0.05, 0.1) is 23.8 Å². The molecule has 3 rings (SSSR count). The van der Waals surface area contributed by atoms with Crippen LogP contribution in [-0.2, 0) is 0 Å². The second-order valence-electron chi connectivity index (χ2n) is 5.17. The fourth-order valence-corrected chi connectivity index (χ4v) is 2.15. The molecule has 1 heterocycles. The predicted octanol–water partition coefficient (Wildman–Crippen LogP) is 1.51. The number of nitrogens with zero attached hydrogens (tertiary/aromatic N) is 2. The molecule has 0 aliphatic heterocycles. The molecule has 0 unspecified atom stereocenters. The van der Waals surface area contributed by atoms with Crippen molar-refractivity contribution in [1.29, 1.82) is 0 Å². The van der Waals surface area contributed by atoms with Gasteiger partial charge in [-0.1, -0.05) is 24.0 Å². The number of carbonyl (C=O) groups excluding carboxylic acids is 2. The van der Waals surface area contributed by atoms with Crippen molar-refractivity contribution in [2.75, 3.05) is 6.54 Å². The smallest absolute Gasteiger partial charge is 0.272 e. The lowest BCUT2D eigenvalue weighted by molar-refractivity contribution is 0.0952. The molecule has 3 N–H and O–H groups in total. The first-order chi connectivity index (χ1) is 12.1. The van der Waals surface area contributed by atoms with E-state index in [4.69, 9.17) is 5.73 Å². The zero-order valence-corrected chi connectivity index (χ0v) is 13.2. The second-order valence-corrected chi connectivity index (χ2v) is 5.17. The molecular formula is C19H14N4O2. The molecule has 0 atom stereocenters. The van der Waals surface area contributed by atoms with Gasteiger partial charge in [0.2, 0.25) is 5.91 Å². The second kappa shape index (κ2) is 7.23. The number of rotatable bonds is 3. The molecule has 6 heteroatoms. The molecule has 1 aromatic heterocycles. The molecule has 0 saturated carbocycles. The first-order valence-corrected chi connectivity index (χ1v) is 7.52. The molecule has 0 spiro atoms. The summed E-state index contributed by atoms with van der Waals surface area (Å²) in [6, 6.07) is 13.9. The molecule has 25 heavy (non-hydrogen) atoms. The minimum atomic E-state index is -0.483. The van der Waals surface area contributed by atoms with Crippen molar-refractivity contribution in [2.45, 2.75) is 0 Å². The lowest BCUT2D eigenvalue weighted by Gasteiger charge is -2.02. The number of amides is 2. The average Bonchev–Trinajstić information content (AvgIpc) is 2.65. The molecule has 2 aromatic carbocycles. The minimum Gasteiger partial charge on any atom is -0.366 e. The molecule has 122 valence electrons. The van der Waals surface area contributed by atoms with Crippen LogP contribution in [0.2, 0.25) is 0 Å². The van der Waals surface area contributed by atoms with Crippen LogP contribution in [-0.4, -0.2) is 28.3 Å². The van der Waals surface area contributed by atoms with Crippen molar-refractivity contribution in [3.05, 3.63) is 71.5 Å². The number of hydrogen-bond donors (Lipinski definition) is 2. The number of primary amides is 1. The van der Waals surface area contributed by atoms with E-state index in [2.05, 4.69) is 27.1 Å². The normalized spacial score (nSPS) is 9.92. The van der Waals surface area contributed by atoms with Crippen LogP contribution in [0.4, 0.5) is 0 Å². The van der Waals surface area contributed by atoms with Gasteiger partial charge in [0.1, 0.15) is 5.69 Å². The summed E-state index contributed by atoms with van der Waals surface area (Å²) in [6.07, 6.45) is 1.44. The SMILES string of the molecule is NC(=O)c1ccc(C#CCNC(=O)c2cnc3ccccc3n2)cc1. The van der Waals surface area contributed by atoms with Crippen LogP contribution in [0.25, 0.3) is 11.0 Å². The number of benzene rings is 2. The number of aromatic nitrogens is 2. The van der Waals surface area contributed by atoms with Crippen molar-refractivity contribution < 1.29 is 9.59 Å². The summed E-state index contributed by atoms with van der Waals surface area (Å²) in [6.45, 7) is 0.172. The van der Waals surface area contributed by atoms with E-state index in [9.17, 15) is 9.59 Å². The monoisotopic (exact) mass is 330 g/mol. The van der Waals surface area contributed by atoms with E-state index < -0.39 is 5.91 Å². The van der Waals surface area contributed by atoms with Gasteiger partial charge >= 0.3 is 0 Å². The van der Waals surface area contributed by atoms with Gasteiger partial charge in [-0.05, 0) is 36.4 Å². The van der Waals surface area contributed by atoms with Crippen LogP contribution in [0.3, 0.4) is 0 Å². The fourth-order valence-electron chi connectivity index (χ4n) is 2.15. The van der Waals surface area contributed by atoms with Crippen molar-refractivity contribution in [3.8, 4) is 11.8 Å². The maximum atomic E-state index is 12.1. The molecule has 0 aliphatic rings. The van der Waals surface area contributed by atoms with Gasteiger partial charge in [0.25, 0.3) is 5.91 Å². The number of nitrogens with two attached hydrogens (primary N) is 1. The predicted molar refractivity (Wildman–Crippen MR) is 93.7 cm³/mol. The first-order valence-electron chi connectivity index (χ1n) is 7.52. The van der Waals surface area contributed by atoms with E-state index in [1.165, 1.54) is 6.20 Å². The Balaban J connectivity index is 1.61. The van der Waals surface area contributed by atoms with Gasteiger partial charge in [0, 0.05) is 11.1 Å². The summed E-state index contributed by atoms with van der Waals surface area (Å²) in [5.74, 6) is 4.92. The van der Waals surface area contributed by atoms with Crippen molar-refractivity contribution in [1.82, 2.24) is 15.3 Å². The van der Waals surface area contributed by atoms with E-state index in [0.717, 1.165) is 11.1 Å². The Hall–Kier alpha value is -3.72. The largest absolute Gasteiger partial charge is 0.366 e. The fraction of sp³-hybridized carbons (Fsp3) is 0.0526. The Kier molecular flexibility index (Phi) is 4.67. The Bertz CT molecular complexity index is 1000. The third-order valence-electron chi connectivity index (χ3n) is 3.42. The van der Waals surface area contributed by atoms with Crippen molar-refractivity contribution >= 4 is 22.8 Å². The summed E-state index contributed by atoms with van der Waals surface area (Å²) < 4.78 is 0. The van der Waals surface area contributed by atoms with Gasteiger partial charge in [0.15, 0.2) is 0 Å². The molecule has 2 amide bonds.